The fourth-order valence-corrected chi connectivity index (χ4v) is 4.74. The highest BCUT2D eigenvalue weighted by Crippen LogP contribution is 2.36. The number of carbonyl (C=O) groups is 1. The number of ether oxygens (including phenoxy) is 1. The molecule has 1 amide bonds. The predicted octanol–water partition coefficient (Wildman–Crippen LogP) is 2.42. The first-order valence-electron chi connectivity index (χ1n) is 8.46. The first-order chi connectivity index (χ1) is 13.6. The van der Waals surface area contributed by atoms with E-state index in [4.69, 9.17) is 9.94 Å². The van der Waals surface area contributed by atoms with Crippen molar-refractivity contribution in [1.29, 1.82) is 0 Å². The number of hydroxylamine groups is 1. The Balaban J connectivity index is 0.00000320. The largest absolute Gasteiger partial charge is 0.490 e. The number of hydrogen-bond donors (Lipinski definition) is 3. The quantitative estimate of drug-likeness (QED) is 0.475. The molecule has 30 heavy (non-hydrogen) atoms. The zero-order valence-corrected chi connectivity index (χ0v) is 15.6. The Kier molecular flexibility index (Phi) is 7.10. The number of carbonyl (C=O) groups excluding carboxylic acids is 1. The molecule has 1 fully saturated rings. The molecule has 0 atom stereocenters. The molecule has 0 bridgehead atoms. The van der Waals surface area contributed by atoms with Gasteiger partial charge in [0.05, 0.1) is 0 Å². The summed E-state index contributed by atoms with van der Waals surface area (Å²) in [7, 11) is -4.72. The van der Waals surface area contributed by atoms with Gasteiger partial charge in [0.15, 0.2) is 11.4 Å². The van der Waals surface area contributed by atoms with Crippen LogP contribution >= 0.6 is 0 Å². The maximum Gasteiger partial charge on any atom is 0.434 e. The summed E-state index contributed by atoms with van der Waals surface area (Å²) in [5.74, 6) is -0.873. The first kappa shape index (κ1) is 23.6. The van der Waals surface area contributed by atoms with E-state index < -0.39 is 38.4 Å². The Morgan fingerprint density at radius 1 is 1.23 bits per heavy atom. The zero-order valence-electron chi connectivity index (χ0n) is 14.8. The van der Waals surface area contributed by atoms with E-state index in [1.807, 2.05) is 6.07 Å². The lowest BCUT2D eigenvalue weighted by molar-refractivity contribution is -0.143. The second kappa shape index (κ2) is 9.02. The van der Waals surface area contributed by atoms with Crippen LogP contribution in [-0.4, -0.2) is 53.2 Å². The van der Waals surface area contributed by atoms with Crippen LogP contribution in [-0.2, 0) is 16.2 Å². The van der Waals surface area contributed by atoms with Crippen LogP contribution in [0.25, 0.3) is 0 Å². The van der Waals surface area contributed by atoms with Crippen molar-refractivity contribution in [3.05, 3.63) is 41.7 Å². The van der Waals surface area contributed by atoms with Crippen LogP contribution < -0.4 is 10.2 Å². The number of H-pyrrole nitrogens is 1. The van der Waals surface area contributed by atoms with Crippen molar-refractivity contribution < 1.29 is 36.3 Å². The van der Waals surface area contributed by atoms with Gasteiger partial charge in [-0.25, -0.2) is 13.9 Å². The monoisotopic (exact) mass is 450 g/mol. The third-order valence-corrected chi connectivity index (χ3v) is 6.32. The van der Waals surface area contributed by atoms with E-state index in [9.17, 15) is 26.4 Å². The average Bonchev–Trinajstić information content (AvgIpc) is 3.15. The van der Waals surface area contributed by atoms with E-state index in [1.165, 1.54) is 5.10 Å². The number of amides is 1. The molecule has 0 spiro atoms. The molecule has 9 nitrogen and oxygen atoms in total. The number of benzene rings is 1. The van der Waals surface area contributed by atoms with Crippen molar-refractivity contribution in [2.75, 3.05) is 13.1 Å². The molecule has 166 valence electrons. The van der Waals surface area contributed by atoms with Gasteiger partial charge in [0.2, 0.25) is 10.0 Å². The minimum absolute atomic E-state index is 0. The summed E-state index contributed by atoms with van der Waals surface area (Å²) in [6.07, 6.45) is -4.92. The van der Waals surface area contributed by atoms with Gasteiger partial charge in [-0.15, -0.1) is 0 Å². The molecule has 3 rings (SSSR count). The molecule has 1 aromatic carbocycles. The molecule has 0 radical (unpaired) electrons. The number of aromatic amines is 1. The highest BCUT2D eigenvalue weighted by molar-refractivity contribution is 7.89. The summed E-state index contributed by atoms with van der Waals surface area (Å²) in [5.41, 5.74) is -1.64. The van der Waals surface area contributed by atoms with E-state index in [0.717, 1.165) is 9.79 Å². The SMILES string of the molecule is C.O=C(NO)c1n[nH]c(C(F)(F)F)c1S(=O)(=O)N1CCC(Oc2ccccc2)CC1. The Bertz CT molecular complexity index is 971. The van der Waals surface area contributed by atoms with Crippen LogP contribution in [0.2, 0.25) is 0 Å². The Labute approximate surface area is 170 Å². The predicted molar refractivity (Wildman–Crippen MR) is 98.4 cm³/mol. The summed E-state index contributed by atoms with van der Waals surface area (Å²) in [5, 5.41) is 13.4. The van der Waals surface area contributed by atoms with Gasteiger partial charge in [-0.3, -0.25) is 15.1 Å². The molecular weight excluding hydrogens is 429 g/mol. The van der Waals surface area contributed by atoms with Gasteiger partial charge >= 0.3 is 6.18 Å². The highest BCUT2D eigenvalue weighted by Gasteiger charge is 2.45. The van der Waals surface area contributed by atoms with Crippen molar-refractivity contribution in [2.45, 2.75) is 37.4 Å². The van der Waals surface area contributed by atoms with Gasteiger partial charge in [-0.05, 0) is 25.0 Å². The van der Waals surface area contributed by atoms with Crippen molar-refractivity contribution in [1.82, 2.24) is 20.0 Å². The number of piperidine rings is 1. The second-order valence-electron chi connectivity index (χ2n) is 6.25. The van der Waals surface area contributed by atoms with Gasteiger partial charge in [-0.1, -0.05) is 25.6 Å². The van der Waals surface area contributed by atoms with Gasteiger partial charge < -0.3 is 4.74 Å². The molecule has 1 aromatic heterocycles. The smallest absolute Gasteiger partial charge is 0.434 e. The third-order valence-electron chi connectivity index (χ3n) is 4.37. The maximum absolute atomic E-state index is 13.3. The summed E-state index contributed by atoms with van der Waals surface area (Å²) in [6.45, 7) is -0.217. The van der Waals surface area contributed by atoms with Crippen LogP contribution in [0.4, 0.5) is 13.2 Å². The normalized spacial score (nSPS) is 16.0. The third kappa shape index (κ3) is 4.74. The lowest BCUT2D eigenvalue weighted by Gasteiger charge is -2.31. The van der Waals surface area contributed by atoms with E-state index in [-0.39, 0.29) is 39.5 Å². The fourth-order valence-electron chi connectivity index (χ4n) is 2.99. The van der Waals surface area contributed by atoms with E-state index in [0.29, 0.717) is 5.75 Å². The van der Waals surface area contributed by atoms with Crippen molar-refractivity contribution in [3.8, 4) is 5.75 Å². The zero-order chi connectivity index (χ0) is 21.2. The lowest BCUT2D eigenvalue weighted by Crippen LogP contribution is -2.42. The molecule has 1 aliphatic rings. The number of halogens is 3. The molecule has 0 unspecified atom stereocenters. The van der Waals surface area contributed by atoms with Gasteiger partial charge in [0.25, 0.3) is 5.91 Å². The van der Waals surface area contributed by atoms with Crippen LogP contribution in [0.1, 0.15) is 36.5 Å². The molecule has 13 heteroatoms. The second-order valence-corrected chi connectivity index (χ2v) is 8.12. The summed E-state index contributed by atoms with van der Waals surface area (Å²) < 4.78 is 72.1. The van der Waals surface area contributed by atoms with Crippen molar-refractivity contribution in [2.24, 2.45) is 0 Å². The van der Waals surface area contributed by atoms with Gasteiger partial charge in [-0.2, -0.15) is 22.6 Å². The Hall–Kier alpha value is -2.64. The summed E-state index contributed by atoms with van der Waals surface area (Å²) in [6, 6.07) is 8.85. The number of para-hydroxylation sites is 1. The molecule has 2 heterocycles. The Morgan fingerprint density at radius 2 is 1.83 bits per heavy atom. The van der Waals surface area contributed by atoms with E-state index >= 15 is 0 Å². The average molecular weight is 450 g/mol. The maximum atomic E-state index is 13.3. The number of nitrogens with zero attached hydrogens (tertiary/aromatic N) is 2. The number of nitrogens with one attached hydrogen (secondary N) is 2. The van der Waals surface area contributed by atoms with Crippen LogP contribution in [0.15, 0.2) is 35.2 Å². The molecule has 3 N–H and O–H groups in total. The minimum Gasteiger partial charge on any atom is -0.490 e. The van der Waals surface area contributed by atoms with E-state index in [2.05, 4.69) is 5.10 Å². The fraction of sp³-hybridized carbons (Fsp3) is 0.412. The number of aromatic nitrogens is 2. The molecule has 2 aromatic rings. The summed E-state index contributed by atoms with van der Waals surface area (Å²) >= 11 is 0. The lowest BCUT2D eigenvalue weighted by atomic mass is 10.1. The molecule has 1 aliphatic heterocycles. The van der Waals surface area contributed by atoms with Crippen molar-refractivity contribution in [3.63, 3.8) is 0 Å². The minimum atomic E-state index is -5.10. The van der Waals surface area contributed by atoms with Crippen molar-refractivity contribution >= 4 is 15.9 Å². The van der Waals surface area contributed by atoms with Crippen LogP contribution in [0, 0.1) is 0 Å². The van der Waals surface area contributed by atoms with Gasteiger partial charge in [0.1, 0.15) is 16.7 Å². The molecular formula is C17H21F3N4O5S. The number of alkyl halides is 3. The molecule has 1 saturated heterocycles. The van der Waals surface area contributed by atoms with Gasteiger partial charge in [0, 0.05) is 13.1 Å². The first-order valence-corrected chi connectivity index (χ1v) is 9.90. The van der Waals surface area contributed by atoms with Crippen LogP contribution in [0.3, 0.4) is 0 Å². The summed E-state index contributed by atoms with van der Waals surface area (Å²) in [4.78, 5) is 10.3. The number of rotatable bonds is 5. The molecule has 0 saturated carbocycles. The topological polar surface area (TPSA) is 125 Å². The highest BCUT2D eigenvalue weighted by atomic mass is 32.2. The van der Waals surface area contributed by atoms with Crippen LogP contribution in [0.5, 0.6) is 5.75 Å². The number of sulfonamides is 1. The Morgan fingerprint density at radius 3 is 2.37 bits per heavy atom. The van der Waals surface area contributed by atoms with E-state index in [1.54, 1.807) is 24.3 Å². The standard InChI is InChI=1S/C16H17F3N4O5S.CH4/c17-16(18,19)14-13(12(20-21-14)15(24)22-25)29(26,27)23-8-6-11(7-9-23)28-10-4-2-1-3-5-10;/h1-5,11,25H,6-9H2,(H,20,21)(H,22,24);1H4. The number of hydrogen-bond acceptors (Lipinski definition) is 6. The molecule has 0 aliphatic carbocycles.